The molecule has 4 atom stereocenters. The summed E-state index contributed by atoms with van der Waals surface area (Å²) in [5.74, 6) is -15.0. The summed E-state index contributed by atoms with van der Waals surface area (Å²) >= 11 is 0. The van der Waals surface area contributed by atoms with Gasteiger partial charge in [-0.25, -0.2) is 0 Å². The van der Waals surface area contributed by atoms with Crippen LogP contribution in [0.25, 0.3) is 0 Å². The Bertz CT molecular complexity index is 1600. The smallest absolute Gasteiger partial charge is 0.323 e. The van der Waals surface area contributed by atoms with Gasteiger partial charge in [0.1, 0.15) is 12.1 Å². The van der Waals surface area contributed by atoms with Crippen LogP contribution in [0.4, 0.5) is 0 Å². The summed E-state index contributed by atoms with van der Waals surface area (Å²) < 4.78 is 212. The minimum absolute atomic E-state index is 0.181. The molecule has 0 aromatic heterocycles. The molecule has 1 aromatic rings. The summed E-state index contributed by atoms with van der Waals surface area (Å²) in [6.07, 6.45) is -9.42. The largest absolute Gasteiger partial charge is 0.493 e. The van der Waals surface area contributed by atoms with E-state index < -0.39 is 131 Å². The number of nitrogens with zero attached hydrogens (tertiary/aromatic N) is 1. The van der Waals surface area contributed by atoms with E-state index in [2.05, 4.69) is 0 Å². The number of hydrogen-bond acceptors (Lipinski definition) is 6. The van der Waals surface area contributed by atoms with E-state index in [0.717, 1.165) is 12.0 Å². The molecule has 0 radical (unpaired) electrons. The van der Waals surface area contributed by atoms with Gasteiger partial charge in [0.15, 0.2) is 11.5 Å². The Morgan fingerprint density at radius 1 is 1.40 bits per heavy atom. The van der Waals surface area contributed by atoms with Crippen molar-refractivity contribution < 1.29 is 51.9 Å². The lowest BCUT2D eigenvalue weighted by Gasteiger charge is -2.47. The van der Waals surface area contributed by atoms with Crippen LogP contribution in [-0.2, 0) is 16.0 Å². The van der Waals surface area contributed by atoms with E-state index in [-0.39, 0.29) is 12.0 Å². The lowest BCUT2D eigenvalue weighted by atomic mass is 9.79. The number of benzene rings is 1. The first-order valence-electron chi connectivity index (χ1n) is 20.8. The molecule has 2 N–H and O–H groups in total. The zero-order chi connectivity index (χ0) is 42.6. The van der Waals surface area contributed by atoms with Crippen molar-refractivity contribution in [2.45, 2.75) is 64.7 Å². The third-order valence-corrected chi connectivity index (χ3v) is 4.78. The van der Waals surface area contributed by atoms with Gasteiger partial charge in [0, 0.05) is 53.4 Å². The Labute approximate surface area is 214 Å². The highest BCUT2D eigenvalue weighted by atomic mass is 16.5. The number of piperidine rings is 1. The van der Waals surface area contributed by atoms with Crippen LogP contribution < -0.4 is 15.2 Å². The molecule has 30 heavy (non-hydrogen) atoms. The number of hydrogen-bond donors (Lipinski definition) is 1. The van der Waals surface area contributed by atoms with Crippen molar-refractivity contribution in [3.05, 3.63) is 23.2 Å². The highest BCUT2D eigenvalue weighted by Gasteiger charge is 2.41. The number of carbonyl (C=O) groups is 1. The Morgan fingerprint density at radius 2 is 2.20 bits per heavy atom. The fourth-order valence-corrected chi connectivity index (χ4v) is 3.39. The number of ether oxygens (including phenoxy) is 3. The van der Waals surface area contributed by atoms with Crippen LogP contribution in [-0.4, -0.2) is 50.2 Å². The summed E-state index contributed by atoms with van der Waals surface area (Å²) in [4.78, 5) is 14.8. The normalized spacial score (nSPS) is 45.9. The van der Waals surface area contributed by atoms with Crippen LogP contribution in [0.1, 0.15) is 90.2 Å². The molecule has 2 aliphatic rings. The van der Waals surface area contributed by atoms with Gasteiger partial charge in [-0.05, 0) is 47.8 Å². The zero-order valence-corrected chi connectivity index (χ0v) is 16.1. The average Bonchev–Trinajstić information content (AvgIpc) is 2.94. The first-order chi connectivity index (χ1) is 23.7. The maximum Gasteiger partial charge on any atom is 0.323 e. The molecule has 1 saturated heterocycles. The van der Waals surface area contributed by atoms with Gasteiger partial charge in [-0.3, -0.25) is 9.69 Å². The summed E-state index contributed by atoms with van der Waals surface area (Å²) in [7, 11) is -2.25. The molecule has 2 aliphatic heterocycles. The second kappa shape index (κ2) is 9.56. The number of nitrogens with two attached hydrogens (primary N) is 1. The lowest BCUT2D eigenvalue weighted by molar-refractivity contribution is -0.160. The fraction of sp³-hybridized carbons (Fsp3) is 0.708. The van der Waals surface area contributed by atoms with Gasteiger partial charge in [0.2, 0.25) is 0 Å². The Balaban J connectivity index is 2.46. The highest BCUT2D eigenvalue weighted by Crippen LogP contribution is 2.44. The van der Waals surface area contributed by atoms with Crippen LogP contribution in [0, 0.1) is 17.7 Å². The van der Waals surface area contributed by atoms with Crippen LogP contribution in [0.15, 0.2) is 12.1 Å². The number of rotatable bonds is 7. The first kappa shape index (κ1) is 7.11. The van der Waals surface area contributed by atoms with Crippen LogP contribution in [0.2, 0.25) is 0 Å². The Kier molecular flexibility index (Phi) is 2.27. The van der Waals surface area contributed by atoms with E-state index in [1.165, 1.54) is 0 Å². The molecule has 3 unspecified atom stereocenters. The highest BCUT2D eigenvalue weighted by molar-refractivity contribution is 5.76. The van der Waals surface area contributed by atoms with Gasteiger partial charge >= 0.3 is 5.97 Å². The lowest BCUT2D eigenvalue weighted by Crippen LogP contribution is -2.51. The molecule has 0 aliphatic carbocycles. The molecule has 0 spiro atoms. The van der Waals surface area contributed by atoms with E-state index in [4.69, 9.17) is 50.1 Å². The molecular weight excluding hydrogens is 380 g/mol. The van der Waals surface area contributed by atoms with Gasteiger partial charge in [-0.2, -0.15) is 0 Å². The second-order valence-corrected chi connectivity index (χ2v) is 6.60. The third kappa shape index (κ3) is 4.75. The fourth-order valence-electron chi connectivity index (χ4n) is 3.39. The molecule has 0 saturated carbocycles. The van der Waals surface area contributed by atoms with Crippen molar-refractivity contribution in [1.29, 1.82) is 0 Å². The molecule has 168 valence electrons. The summed E-state index contributed by atoms with van der Waals surface area (Å²) in [6, 6.07) is -8.44. The molecule has 2 heterocycles. The minimum Gasteiger partial charge on any atom is -0.493 e. The van der Waals surface area contributed by atoms with Crippen LogP contribution in [0.3, 0.4) is 0 Å². The molecule has 6 heteroatoms. The van der Waals surface area contributed by atoms with Gasteiger partial charge in [0.05, 0.1) is 25.1 Å². The predicted molar refractivity (Wildman–Crippen MR) is 118 cm³/mol. The number of fused-ring (bicyclic) bond motifs is 3. The predicted octanol–water partition coefficient (Wildman–Crippen LogP) is 3.56. The van der Waals surface area contributed by atoms with Crippen molar-refractivity contribution in [1.82, 2.24) is 4.90 Å². The van der Waals surface area contributed by atoms with Crippen molar-refractivity contribution in [3.8, 4) is 11.5 Å². The molecule has 0 bridgehead atoms. The minimum atomic E-state index is -4.24. The van der Waals surface area contributed by atoms with Crippen molar-refractivity contribution in [2.75, 3.05) is 27.2 Å². The monoisotopic (exact) mass is 442 g/mol. The van der Waals surface area contributed by atoms with Crippen molar-refractivity contribution in [3.63, 3.8) is 0 Å². The molecule has 0 amide bonds. The van der Waals surface area contributed by atoms with Gasteiger partial charge < -0.3 is 19.9 Å². The topological polar surface area (TPSA) is 74.0 Å². The van der Waals surface area contributed by atoms with E-state index in [0.29, 0.717) is 0 Å². The zero-order valence-electron chi connectivity index (χ0n) is 40.1. The van der Waals surface area contributed by atoms with Crippen LogP contribution in [0.5, 0.6) is 11.5 Å². The second-order valence-electron chi connectivity index (χ2n) is 6.60. The maximum absolute atomic E-state index is 13.8. The molecule has 1 fully saturated rings. The van der Waals surface area contributed by atoms with Gasteiger partial charge in [0.25, 0.3) is 0 Å². The van der Waals surface area contributed by atoms with E-state index in [9.17, 15) is 7.54 Å². The molecule has 6 nitrogen and oxygen atoms in total. The molecule has 1 aromatic carbocycles. The standard InChI is InChI=1S/C24H38N2O4/c1-14(2)9-17-13-26-8-7-16-10-21(28-5)22(29-6)11-18(16)19(26)12-20(17)30-24(27)23(25)15(3)4/h10-11,14-15,17,19-20,23H,7-9,12-13,25H2,1-6H3/t17?,19?,20?,23-/m0/s1/i1D3,2D3,3D3,4D3,6D3,9D2,10D,11D,14D,15D,19D,20D,23D. The summed E-state index contributed by atoms with van der Waals surface area (Å²) in [6.45, 7) is -17.8. The SMILES string of the molecule is [2H]c1c2c(c([2H])c(OC([2H])([2H])[2H])c1OC)C1([2H])CC([2H])(OC(=O)[C@@]([2H])(N)C([2H])(C([2H])([2H])[2H])C([2H])([2H])[2H])C(C([2H])([2H])C([2H])(C([2H])([2H])[2H])C([2H])([2H])[2H])CN1CC2. The maximum atomic E-state index is 13.8. The quantitative estimate of drug-likeness (QED) is 0.651. The Morgan fingerprint density at radius 3 is 2.90 bits per heavy atom. The Hall–Kier alpha value is -1.79. The summed E-state index contributed by atoms with van der Waals surface area (Å²) in [5, 5.41) is 0. The first-order valence-corrected chi connectivity index (χ1v) is 8.82. The third-order valence-electron chi connectivity index (χ3n) is 4.78. The summed E-state index contributed by atoms with van der Waals surface area (Å²) in [5.41, 5.74) is 4.88. The van der Waals surface area contributed by atoms with E-state index in [1.54, 1.807) is 0 Å². The van der Waals surface area contributed by atoms with E-state index in [1.807, 2.05) is 0 Å². The molecule has 3 rings (SSSR count). The van der Waals surface area contributed by atoms with E-state index >= 15 is 0 Å². The molecular formula is C24H38N2O4. The number of esters is 1. The average molecular weight is 443 g/mol. The number of methoxy groups -OCH3 is 2. The van der Waals surface area contributed by atoms with Gasteiger partial charge in [-0.15, -0.1) is 0 Å². The van der Waals surface area contributed by atoms with Crippen LogP contribution >= 0.6 is 0 Å². The number of carbonyl (C=O) groups excluding carboxylic acids is 1. The van der Waals surface area contributed by atoms with Gasteiger partial charge in [-0.1, -0.05) is 27.4 Å². The van der Waals surface area contributed by atoms with Crippen molar-refractivity contribution in [2.24, 2.45) is 23.4 Å². The van der Waals surface area contributed by atoms with Crippen molar-refractivity contribution >= 4 is 5.97 Å².